The predicted molar refractivity (Wildman–Crippen MR) is 46.9 cm³/mol. The maximum atomic E-state index is 11.5. The van der Waals surface area contributed by atoms with E-state index in [2.05, 4.69) is 12.2 Å². The summed E-state index contributed by atoms with van der Waals surface area (Å²) < 4.78 is 0. The monoisotopic (exact) mass is 174 g/mol. The Morgan fingerprint density at radius 2 is 1.38 bits per heavy atom. The van der Waals surface area contributed by atoms with Gasteiger partial charge in [-0.15, -0.1) is 0 Å². The van der Waals surface area contributed by atoms with Crippen LogP contribution in [-0.2, 0) is 9.59 Å². The van der Waals surface area contributed by atoms with Crippen LogP contribution in [0.25, 0.3) is 0 Å². The topological polar surface area (TPSA) is 34.1 Å². The Morgan fingerprint density at radius 3 is 1.85 bits per heavy atom. The fourth-order valence-corrected chi connectivity index (χ4v) is 2.98. The Hall–Kier alpha value is -1.18. The van der Waals surface area contributed by atoms with E-state index >= 15 is 0 Å². The molecule has 66 valence electrons. The average molecular weight is 174 g/mol. The molecule has 2 nitrogen and oxygen atoms in total. The van der Waals surface area contributed by atoms with Crippen molar-refractivity contribution in [2.24, 2.45) is 23.7 Å². The molecule has 0 N–H and O–H groups in total. The van der Waals surface area contributed by atoms with Crippen molar-refractivity contribution < 1.29 is 9.59 Å². The minimum absolute atomic E-state index is 0.0208. The van der Waals surface area contributed by atoms with Crippen LogP contribution in [0.2, 0.25) is 0 Å². The van der Waals surface area contributed by atoms with Gasteiger partial charge in [-0.3, -0.25) is 9.59 Å². The van der Waals surface area contributed by atoms with Crippen molar-refractivity contribution in [3.63, 3.8) is 0 Å². The van der Waals surface area contributed by atoms with Crippen LogP contribution in [0.15, 0.2) is 24.3 Å². The van der Waals surface area contributed by atoms with Gasteiger partial charge in [0.25, 0.3) is 0 Å². The number of hydrogen-bond donors (Lipinski definition) is 0. The summed E-state index contributed by atoms with van der Waals surface area (Å²) in [5.41, 5.74) is 0. The minimum Gasteiger partial charge on any atom is -0.294 e. The fourth-order valence-electron chi connectivity index (χ4n) is 2.98. The molecule has 4 unspecified atom stereocenters. The van der Waals surface area contributed by atoms with Crippen molar-refractivity contribution >= 4 is 11.6 Å². The highest BCUT2D eigenvalue weighted by atomic mass is 16.1. The highest BCUT2D eigenvalue weighted by molar-refractivity contribution is 6.08. The number of carbonyl (C=O) groups excluding carboxylic acids is 2. The van der Waals surface area contributed by atoms with E-state index in [1.807, 2.05) is 0 Å². The van der Waals surface area contributed by atoms with Gasteiger partial charge in [0.15, 0.2) is 11.6 Å². The Bertz CT molecular complexity index is 319. The maximum Gasteiger partial charge on any atom is 0.160 e. The van der Waals surface area contributed by atoms with Gasteiger partial charge in [0.05, 0.1) is 0 Å². The van der Waals surface area contributed by atoms with Gasteiger partial charge in [0.2, 0.25) is 0 Å². The number of allylic oxidation sites excluding steroid dienone is 4. The lowest BCUT2D eigenvalue weighted by molar-refractivity contribution is -0.129. The van der Waals surface area contributed by atoms with Crippen LogP contribution >= 0.6 is 0 Å². The molecule has 3 rings (SSSR count). The van der Waals surface area contributed by atoms with Crippen LogP contribution in [0, 0.1) is 23.7 Å². The molecular formula is C11H10O2. The predicted octanol–water partition coefficient (Wildman–Crippen LogP) is 1.13. The van der Waals surface area contributed by atoms with Crippen molar-refractivity contribution in [2.75, 3.05) is 0 Å². The van der Waals surface area contributed by atoms with Crippen LogP contribution in [0.3, 0.4) is 0 Å². The van der Waals surface area contributed by atoms with E-state index < -0.39 is 0 Å². The molecule has 0 radical (unpaired) electrons. The zero-order valence-electron chi connectivity index (χ0n) is 7.14. The van der Waals surface area contributed by atoms with Gasteiger partial charge in [-0.25, -0.2) is 0 Å². The van der Waals surface area contributed by atoms with Gasteiger partial charge >= 0.3 is 0 Å². The summed E-state index contributed by atoms with van der Waals surface area (Å²) in [5.74, 6) is 0.954. The Morgan fingerprint density at radius 1 is 0.923 bits per heavy atom. The molecule has 0 spiro atoms. The molecule has 2 heteroatoms. The number of hydrogen-bond acceptors (Lipinski definition) is 2. The zero-order chi connectivity index (χ0) is 9.00. The van der Waals surface area contributed by atoms with E-state index in [0.29, 0.717) is 11.8 Å². The molecule has 2 bridgehead atoms. The third-order valence-electron chi connectivity index (χ3n) is 3.53. The highest BCUT2D eigenvalue weighted by Crippen LogP contribution is 2.50. The SMILES string of the molecule is O=C1C=CC(=O)C2C3C=CC(C3)C12. The molecule has 0 saturated heterocycles. The van der Waals surface area contributed by atoms with E-state index in [4.69, 9.17) is 0 Å². The Kier molecular flexibility index (Phi) is 1.22. The molecule has 0 heterocycles. The highest BCUT2D eigenvalue weighted by Gasteiger charge is 2.51. The molecule has 4 atom stereocenters. The summed E-state index contributed by atoms with van der Waals surface area (Å²) in [4.78, 5) is 23.1. The lowest BCUT2D eigenvalue weighted by Crippen LogP contribution is -2.34. The van der Waals surface area contributed by atoms with Crippen molar-refractivity contribution in [1.29, 1.82) is 0 Å². The lowest BCUT2D eigenvalue weighted by Gasteiger charge is -2.26. The molecule has 0 aliphatic heterocycles. The number of rotatable bonds is 0. The van der Waals surface area contributed by atoms with Crippen molar-refractivity contribution in [2.45, 2.75) is 6.42 Å². The van der Waals surface area contributed by atoms with Gasteiger partial charge in [-0.2, -0.15) is 0 Å². The van der Waals surface area contributed by atoms with Gasteiger partial charge in [-0.1, -0.05) is 12.2 Å². The Labute approximate surface area is 76.3 Å². The Balaban J connectivity index is 2.09. The standard InChI is InChI=1S/C11H10O2/c12-8-3-4-9(13)11-7-2-1-6(5-7)10(8)11/h1-4,6-7,10-11H,5H2. The van der Waals surface area contributed by atoms with E-state index in [1.54, 1.807) is 0 Å². The van der Waals surface area contributed by atoms with Gasteiger partial charge in [-0.05, 0) is 30.4 Å². The zero-order valence-corrected chi connectivity index (χ0v) is 7.14. The van der Waals surface area contributed by atoms with E-state index in [-0.39, 0.29) is 23.4 Å². The van der Waals surface area contributed by atoms with Crippen LogP contribution in [0.5, 0.6) is 0 Å². The normalized spacial score (nSPS) is 45.8. The summed E-state index contributed by atoms with van der Waals surface area (Å²) in [5, 5.41) is 0. The molecule has 0 aromatic heterocycles. The second kappa shape index (κ2) is 2.19. The quantitative estimate of drug-likeness (QED) is 0.516. The van der Waals surface area contributed by atoms with Crippen molar-refractivity contribution in [3.8, 4) is 0 Å². The van der Waals surface area contributed by atoms with Crippen LogP contribution in [-0.4, -0.2) is 11.6 Å². The third-order valence-corrected chi connectivity index (χ3v) is 3.53. The summed E-state index contributed by atoms with van der Waals surface area (Å²) in [6, 6.07) is 0. The molecule has 1 saturated carbocycles. The summed E-state index contributed by atoms with van der Waals surface area (Å²) in [6.45, 7) is 0. The van der Waals surface area contributed by atoms with Crippen LogP contribution < -0.4 is 0 Å². The molecule has 1 fully saturated rings. The van der Waals surface area contributed by atoms with Gasteiger partial charge < -0.3 is 0 Å². The lowest BCUT2D eigenvalue weighted by atomic mass is 9.75. The smallest absolute Gasteiger partial charge is 0.160 e. The summed E-state index contributed by atoms with van der Waals surface area (Å²) in [7, 11) is 0. The third kappa shape index (κ3) is 0.781. The van der Waals surface area contributed by atoms with E-state index in [9.17, 15) is 9.59 Å². The minimum atomic E-state index is -0.0208. The van der Waals surface area contributed by atoms with E-state index in [1.165, 1.54) is 12.2 Å². The second-order valence-corrected chi connectivity index (χ2v) is 4.14. The average Bonchev–Trinajstić information content (AvgIpc) is 2.70. The molecule has 0 aromatic rings. The number of carbonyl (C=O) groups is 2. The molecule has 3 aliphatic carbocycles. The van der Waals surface area contributed by atoms with Gasteiger partial charge in [0, 0.05) is 11.8 Å². The number of ketones is 2. The van der Waals surface area contributed by atoms with Crippen LogP contribution in [0.1, 0.15) is 6.42 Å². The van der Waals surface area contributed by atoms with E-state index in [0.717, 1.165) is 6.42 Å². The largest absolute Gasteiger partial charge is 0.294 e. The van der Waals surface area contributed by atoms with Crippen LogP contribution in [0.4, 0.5) is 0 Å². The molecule has 0 aromatic carbocycles. The molecular weight excluding hydrogens is 164 g/mol. The fraction of sp³-hybridized carbons (Fsp3) is 0.455. The maximum absolute atomic E-state index is 11.5. The summed E-state index contributed by atoms with van der Waals surface area (Å²) in [6.07, 6.45) is 8.14. The second-order valence-electron chi connectivity index (χ2n) is 4.14. The first-order valence-electron chi connectivity index (χ1n) is 4.71. The molecule has 0 amide bonds. The van der Waals surface area contributed by atoms with Crippen molar-refractivity contribution in [1.82, 2.24) is 0 Å². The molecule has 13 heavy (non-hydrogen) atoms. The molecule has 3 aliphatic rings. The first-order chi connectivity index (χ1) is 6.27. The first kappa shape index (κ1) is 7.25. The van der Waals surface area contributed by atoms with Crippen molar-refractivity contribution in [3.05, 3.63) is 24.3 Å². The first-order valence-corrected chi connectivity index (χ1v) is 4.71. The number of fused-ring (bicyclic) bond motifs is 5. The summed E-state index contributed by atoms with van der Waals surface area (Å²) >= 11 is 0. The van der Waals surface area contributed by atoms with Gasteiger partial charge in [0.1, 0.15) is 0 Å².